The Labute approximate surface area is 176 Å². The molecule has 0 aromatic heterocycles. The first kappa shape index (κ1) is 21.4. The molecule has 1 aliphatic rings. The number of fused-ring (bicyclic) bond motifs is 1. The van der Waals surface area contributed by atoms with Crippen molar-refractivity contribution in [1.29, 1.82) is 0 Å². The van der Waals surface area contributed by atoms with Crippen molar-refractivity contribution < 1.29 is 28.8 Å². The summed E-state index contributed by atoms with van der Waals surface area (Å²) in [5.74, 6) is -2.77. The van der Waals surface area contributed by atoms with Crippen LogP contribution in [-0.2, 0) is 14.3 Å². The molecule has 2 aromatic rings. The van der Waals surface area contributed by atoms with E-state index in [1.54, 1.807) is 37.3 Å². The number of imide groups is 1. The third kappa shape index (κ3) is 4.64. The van der Waals surface area contributed by atoms with Crippen LogP contribution in [0.4, 0.5) is 11.4 Å². The zero-order chi connectivity index (χ0) is 22.5. The molecule has 10 nitrogen and oxygen atoms in total. The number of carbonyl (C=O) groups excluding carboxylic acids is 4. The van der Waals surface area contributed by atoms with Gasteiger partial charge in [-0.25, -0.2) is 4.79 Å². The van der Waals surface area contributed by atoms with Gasteiger partial charge in [-0.05, 0) is 36.8 Å². The molecule has 3 rings (SSSR count). The Morgan fingerprint density at radius 3 is 2.48 bits per heavy atom. The molecule has 0 saturated heterocycles. The van der Waals surface area contributed by atoms with E-state index in [0.717, 1.165) is 6.07 Å². The largest absolute Gasteiger partial charge is 0.463 e. The number of anilines is 1. The fraction of sp³-hybridized carbons (Fsp3) is 0.143. The number of esters is 1. The maximum atomic E-state index is 12.5. The highest BCUT2D eigenvalue weighted by atomic mass is 16.6. The maximum absolute atomic E-state index is 12.5. The summed E-state index contributed by atoms with van der Waals surface area (Å²) in [5, 5.41) is 13.7. The first-order chi connectivity index (χ1) is 14.8. The van der Waals surface area contributed by atoms with Crippen LogP contribution >= 0.6 is 0 Å². The van der Waals surface area contributed by atoms with E-state index in [-0.39, 0.29) is 17.7 Å². The molecule has 0 bridgehead atoms. The van der Waals surface area contributed by atoms with Gasteiger partial charge in [0.15, 0.2) is 0 Å². The van der Waals surface area contributed by atoms with Crippen LogP contribution in [0.5, 0.6) is 0 Å². The van der Waals surface area contributed by atoms with Gasteiger partial charge >= 0.3 is 5.97 Å². The van der Waals surface area contributed by atoms with Crippen LogP contribution in [0.3, 0.4) is 0 Å². The summed E-state index contributed by atoms with van der Waals surface area (Å²) in [6.45, 7) is 1.38. The van der Waals surface area contributed by atoms with Crippen molar-refractivity contribution in [2.24, 2.45) is 0 Å². The molecule has 0 saturated carbocycles. The first-order valence-electron chi connectivity index (χ1n) is 9.20. The molecular weight excluding hydrogens is 406 g/mol. The smallest absolute Gasteiger partial charge is 0.330 e. The summed E-state index contributed by atoms with van der Waals surface area (Å²) in [7, 11) is 0. The summed E-state index contributed by atoms with van der Waals surface area (Å²) < 4.78 is 4.78. The molecule has 1 aliphatic heterocycles. The molecule has 158 valence electrons. The molecule has 0 spiro atoms. The van der Waals surface area contributed by atoms with Crippen LogP contribution in [0.1, 0.15) is 33.2 Å². The van der Waals surface area contributed by atoms with E-state index in [4.69, 9.17) is 4.74 Å². The third-order valence-corrected chi connectivity index (χ3v) is 4.37. The highest BCUT2D eigenvalue weighted by molar-refractivity contribution is 6.24. The Hall–Kier alpha value is -4.34. The van der Waals surface area contributed by atoms with Crippen molar-refractivity contribution >= 4 is 41.1 Å². The number of hydrogen-bond acceptors (Lipinski definition) is 7. The zero-order valence-corrected chi connectivity index (χ0v) is 16.4. The van der Waals surface area contributed by atoms with E-state index < -0.39 is 40.8 Å². The topological polar surface area (TPSA) is 136 Å². The summed E-state index contributed by atoms with van der Waals surface area (Å²) in [4.78, 5) is 59.7. The first-order valence-corrected chi connectivity index (χ1v) is 9.20. The number of ether oxygens (including phenoxy) is 1. The second-order valence-electron chi connectivity index (χ2n) is 6.41. The quantitative estimate of drug-likeness (QED) is 0.237. The minimum absolute atomic E-state index is 0.107. The molecule has 0 unspecified atom stereocenters. The summed E-state index contributed by atoms with van der Waals surface area (Å²) in [6.07, 6.45) is 2.83. The molecule has 10 heteroatoms. The molecule has 2 aromatic carbocycles. The van der Waals surface area contributed by atoms with Crippen molar-refractivity contribution in [3.05, 3.63) is 75.3 Å². The lowest BCUT2D eigenvalue weighted by atomic mass is 10.1. The predicted molar refractivity (Wildman–Crippen MR) is 109 cm³/mol. The van der Waals surface area contributed by atoms with Crippen molar-refractivity contribution in [2.75, 3.05) is 18.5 Å². The second kappa shape index (κ2) is 8.99. The van der Waals surface area contributed by atoms with Gasteiger partial charge in [0.1, 0.15) is 12.1 Å². The average molecular weight is 423 g/mol. The molecule has 0 atom stereocenters. The number of nitrogens with zero attached hydrogens (tertiary/aromatic N) is 2. The lowest BCUT2D eigenvalue weighted by molar-refractivity contribution is -0.385. The van der Waals surface area contributed by atoms with Gasteiger partial charge in [-0.1, -0.05) is 18.2 Å². The highest BCUT2D eigenvalue weighted by Gasteiger charge is 2.41. The summed E-state index contributed by atoms with van der Waals surface area (Å²) >= 11 is 0. The second-order valence-corrected chi connectivity index (χ2v) is 6.41. The lowest BCUT2D eigenvalue weighted by Crippen LogP contribution is -2.37. The van der Waals surface area contributed by atoms with Gasteiger partial charge in [0.05, 0.1) is 17.1 Å². The minimum Gasteiger partial charge on any atom is -0.463 e. The van der Waals surface area contributed by atoms with E-state index in [0.29, 0.717) is 16.2 Å². The van der Waals surface area contributed by atoms with Gasteiger partial charge in [-0.3, -0.25) is 29.4 Å². The SMILES string of the molecule is CCOC(=O)/C=C/c1ccc(NC(=O)CN2C(=O)c3cccc([N+](=O)[O-])c3C2=O)cc1. The van der Waals surface area contributed by atoms with Gasteiger partial charge in [0, 0.05) is 17.8 Å². The van der Waals surface area contributed by atoms with Crippen LogP contribution in [0.15, 0.2) is 48.5 Å². The normalized spacial score (nSPS) is 12.7. The van der Waals surface area contributed by atoms with Crippen molar-refractivity contribution in [3.63, 3.8) is 0 Å². The zero-order valence-electron chi connectivity index (χ0n) is 16.4. The molecule has 0 fully saturated rings. The number of amides is 3. The monoisotopic (exact) mass is 423 g/mol. The molecule has 1 heterocycles. The van der Waals surface area contributed by atoms with Crippen LogP contribution in [-0.4, -0.2) is 46.7 Å². The predicted octanol–water partition coefficient (Wildman–Crippen LogP) is 2.41. The lowest BCUT2D eigenvalue weighted by Gasteiger charge is -2.13. The van der Waals surface area contributed by atoms with E-state index in [2.05, 4.69) is 5.32 Å². The molecule has 1 N–H and O–H groups in total. The van der Waals surface area contributed by atoms with Gasteiger partial charge < -0.3 is 10.1 Å². The Bertz CT molecular complexity index is 1110. The van der Waals surface area contributed by atoms with Gasteiger partial charge in [-0.2, -0.15) is 0 Å². The van der Waals surface area contributed by atoms with E-state index >= 15 is 0 Å². The summed E-state index contributed by atoms with van der Waals surface area (Å²) in [5.41, 5.74) is 0.192. The van der Waals surface area contributed by atoms with E-state index in [1.807, 2.05) is 0 Å². The highest BCUT2D eigenvalue weighted by Crippen LogP contribution is 2.30. The van der Waals surface area contributed by atoms with E-state index in [1.165, 1.54) is 18.2 Å². The number of rotatable bonds is 7. The number of carbonyl (C=O) groups is 4. The molecule has 3 amide bonds. The molecule has 0 aliphatic carbocycles. The maximum Gasteiger partial charge on any atom is 0.330 e. The number of nitrogens with one attached hydrogen (secondary N) is 1. The number of nitro groups is 1. The minimum atomic E-state index is -0.887. The van der Waals surface area contributed by atoms with Crippen molar-refractivity contribution in [2.45, 2.75) is 6.92 Å². The number of benzene rings is 2. The van der Waals surface area contributed by atoms with E-state index in [9.17, 15) is 29.3 Å². The average Bonchev–Trinajstić information content (AvgIpc) is 2.98. The number of hydrogen-bond donors (Lipinski definition) is 1. The molecular formula is C21H17N3O7. The van der Waals surface area contributed by atoms with Crippen LogP contribution in [0, 0.1) is 10.1 Å². The van der Waals surface area contributed by atoms with Gasteiger partial charge in [0.2, 0.25) is 5.91 Å². The fourth-order valence-electron chi connectivity index (χ4n) is 2.99. The molecule has 0 radical (unpaired) electrons. The summed E-state index contributed by atoms with van der Waals surface area (Å²) in [6, 6.07) is 10.2. The standard InChI is InChI=1S/C21H17N3O7/c1-2-31-18(26)11-8-13-6-9-14(10-7-13)22-17(25)12-23-20(27)15-4-3-5-16(24(29)30)19(15)21(23)28/h3-11H,2,12H2,1H3,(H,22,25)/b11-8+. The van der Waals surface area contributed by atoms with Gasteiger partial charge in [0.25, 0.3) is 17.5 Å². The van der Waals surface area contributed by atoms with Crippen molar-refractivity contribution in [1.82, 2.24) is 4.90 Å². The third-order valence-electron chi connectivity index (χ3n) is 4.37. The number of nitro benzene ring substituents is 1. The Kier molecular flexibility index (Phi) is 6.20. The van der Waals surface area contributed by atoms with Crippen LogP contribution in [0.2, 0.25) is 0 Å². The van der Waals surface area contributed by atoms with Gasteiger partial charge in [-0.15, -0.1) is 0 Å². The Balaban J connectivity index is 1.66. The fourth-order valence-corrected chi connectivity index (χ4v) is 2.99. The Morgan fingerprint density at radius 2 is 1.84 bits per heavy atom. The van der Waals surface area contributed by atoms with Crippen molar-refractivity contribution in [3.8, 4) is 0 Å². The molecule has 31 heavy (non-hydrogen) atoms. The van der Waals surface area contributed by atoms with Crippen LogP contribution in [0.25, 0.3) is 6.08 Å². The Morgan fingerprint density at radius 1 is 1.13 bits per heavy atom. The van der Waals surface area contributed by atoms with Crippen LogP contribution < -0.4 is 5.32 Å².